The predicted octanol–water partition coefficient (Wildman–Crippen LogP) is 1.05. The molecule has 5 heteroatoms. The maximum atomic E-state index is 12.1. The molecule has 0 radical (unpaired) electrons. The summed E-state index contributed by atoms with van der Waals surface area (Å²) in [6.07, 6.45) is 5.78. The molecule has 1 aliphatic carbocycles. The van der Waals surface area contributed by atoms with Crippen molar-refractivity contribution in [2.24, 2.45) is 0 Å². The van der Waals surface area contributed by atoms with Gasteiger partial charge in [0.05, 0.1) is 12.8 Å². The predicted molar refractivity (Wildman–Crippen MR) is 56.9 cm³/mol. The van der Waals surface area contributed by atoms with Crippen LogP contribution in [0.5, 0.6) is 0 Å². The summed E-state index contributed by atoms with van der Waals surface area (Å²) in [5.41, 5.74) is 0. The molecule has 16 heavy (non-hydrogen) atoms. The zero-order valence-electron chi connectivity index (χ0n) is 9.13. The average Bonchev–Trinajstić information content (AvgIpc) is 2.96. The van der Waals surface area contributed by atoms with Gasteiger partial charge in [0.2, 0.25) is 5.76 Å². The van der Waals surface area contributed by atoms with Gasteiger partial charge in [0.25, 0.3) is 5.91 Å². The van der Waals surface area contributed by atoms with Gasteiger partial charge in [-0.15, -0.1) is 0 Å². The van der Waals surface area contributed by atoms with Crippen LogP contribution in [0.3, 0.4) is 0 Å². The van der Waals surface area contributed by atoms with E-state index in [1.165, 1.54) is 6.20 Å². The summed E-state index contributed by atoms with van der Waals surface area (Å²) in [7, 11) is 0. The Hall–Kier alpha value is -1.36. The third-order valence-electron chi connectivity index (χ3n) is 3.02. The lowest BCUT2D eigenvalue weighted by Crippen LogP contribution is -2.40. The van der Waals surface area contributed by atoms with Gasteiger partial charge in [-0.05, 0) is 12.8 Å². The summed E-state index contributed by atoms with van der Waals surface area (Å²) in [4.78, 5) is 13.8. The molecule has 0 aliphatic heterocycles. The Balaban J connectivity index is 2.09. The van der Waals surface area contributed by atoms with Crippen LogP contribution in [0.1, 0.15) is 36.2 Å². The summed E-state index contributed by atoms with van der Waals surface area (Å²) in [5, 5.41) is 12.5. The number of aliphatic hydroxyl groups is 1. The molecule has 0 aromatic carbocycles. The van der Waals surface area contributed by atoms with Crippen molar-refractivity contribution in [2.45, 2.75) is 31.7 Å². The van der Waals surface area contributed by atoms with Gasteiger partial charge in [-0.2, -0.15) is 0 Å². The fourth-order valence-corrected chi connectivity index (χ4v) is 2.24. The van der Waals surface area contributed by atoms with Gasteiger partial charge in [-0.25, -0.2) is 0 Å². The smallest absolute Gasteiger partial charge is 0.292 e. The van der Waals surface area contributed by atoms with E-state index in [-0.39, 0.29) is 24.3 Å². The van der Waals surface area contributed by atoms with E-state index < -0.39 is 0 Å². The van der Waals surface area contributed by atoms with E-state index in [1.807, 2.05) is 0 Å². The Morgan fingerprint density at radius 3 is 2.88 bits per heavy atom. The topological polar surface area (TPSA) is 66.6 Å². The fourth-order valence-electron chi connectivity index (χ4n) is 2.24. The zero-order chi connectivity index (χ0) is 11.4. The highest BCUT2D eigenvalue weighted by Crippen LogP contribution is 2.24. The van der Waals surface area contributed by atoms with Gasteiger partial charge in [0.15, 0.2) is 0 Å². The van der Waals surface area contributed by atoms with Crippen LogP contribution in [0.4, 0.5) is 0 Å². The minimum Gasteiger partial charge on any atom is -0.395 e. The van der Waals surface area contributed by atoms with Crippen LogP contribution in [0.2, 0.25) is 0 Å². The van der Waals surface area contributed by atoms with Crippen molar-refractivity contribution in [3.63, 3.8) is 0 Å². The standard InChI is InChI=1S/C11H16N2O3/c14-8-7-13(9-3-1-2-4-9)11(15)10-5-6-12-16-10/h5-6,9,14H,1-4,7-8H2. The monoisotopic (exact) mass is 224 g/mol. The Bertz CT molecular complexity index is 331. The summed E-state index contributed by atoms with van der Waals surface area (Å²) >= 11 is 0. The molecule has 1 saturated carbocycles. The number of nitrogens with zero attached hydrogens (tertiary/aromatic N) is 2. The molecular weight excluding hydrogens is 208 g/mol. The van der Waals surface area contributed by atoms with Crippen molar-refractivity contribution < 1.29 is 14.4 Å². The first kappa shape index (κ1) is 11.1. The van der Waals surface area contributed by atoms with E-state index in [1.54, 1.807) is 11.0 Å². The maximum Gasteiger partial charge on any atom is 0.292 e. The van der Waals surface area contributed by atoms with Crippen molar-refractivity contribution in [3.05, 3.63) is 18.0 Å². The zero-order valence-corrected chi connectivity index (χ0v) is 9.13. The lowest BCUT2D eigenvalue weighted by atomic mass is 10.2. The molecule has 0 atom stereocenters. The van der Waals surface area contributed by atoms with Gasteiger partial charge < -0.3 is 14.5 Å². The number of carbonyl (C=O) groups is 1. The summed E-state index contributed by atoms with van der Waals surface area (Å²) < 4.78 is 4.86. The van der Waals surface area contributed by atoms with Crippen LogP contribution in [0.15, 0.2) is 16.8 Å². The first-order chi connectivity index (χ1) is 7.83. The minimum atomic E-state index is -0.168. The molecule has 1 aromatic rings. The highest BCUT2D eigenvalue weighted by atomic mass is 16.5. The van der Waals surface area contributed by atoms with Crippen LogP contribution in [0.25, 0.3) is 0 Å². The lowest BCUT2D eigenvalue weighted by Gasteiger charge is -2.27. The van der Waals surface area contributed by atoms with Crippen molar-refractivity contribution in [1.29, 1.82) is 0 Å². The van der Waals surface area contributed by atoms with Gasteiger partial charge in [0.1, 0.15) is 0 Å². The quantitative estimate of drug-likeness (QED) is 0.830. The van der Waals surface area contributed by atoms with E-state index in [0.29, 0.717) is 6.54 Å². The second-order valence-electron chi connectivity index (χ2n) is 4.04. The number of carbonyl (C=O) groups excluding carboxylic acids is 1. The van der Waals surface area contributed by atoms with E-state index in [0.717, 1.165) is 25.7 Å². The SMILES string of the molecule is O=C(c1ccno1)N(CCO)C1CCCC1. The molecule has 0 unspecified atom stereocenters. The van der Waals surface area contributed by atoms with Crippen molar-refractivity contribution in [1.82, 2.24) is 10.1 Å². The number of rotatable bonds is 4. The molecule has 1 heterocycles. The summed E-state index contributed by atoms with van der Waals surface area (Å²) in [6.45, 7) is 0.348. The molecule has 1 N–H and O–H groups in total. The molecule has 0 spiro atoms. The second-order valence-corrected chi connectivity index (χ2v) is 4.04. The Labute approximate surface area is 94.0 Å². The molecule has 1 amide bonds. The molecule has 1 aromatic heterocycles. The third-order valence-corrected chi connectivity index (χ3v) is 3.02. The first-order valence-electron chi connectivity index (χ1n) is 5.65. The molecular formula is C11H16N2O3. The van der Waals surface area contributed by atoms with Crippen LogP contribution in [0, 0.1) is 0 Å². The number of hydrogen-bond acceptors (Lipinski definition) is 4. The highest BCUT2D eigenvalue weighted by molar-refractivity contribution is 5.91. The van der Waals surface area contributed by atoms with Gasteiger partial charge in [-0.1, -0.05) is 18.0 Å². The molecule has 5 nitrogen and oxygen atoms in total. The van der Waals surface area contributed by atoms with Crippen LogP contribution in [-0.4, -0.2) is 40.3 Å². The van der Waals surface area contributed by atoms with Crippen molar-refractivity contribution >= 4 is 5.91 Å². The molecule has 2 rings (SSSR count). The Kier molecular flexibility index (Phi) is 3.56. The van der Waals surface area contributed by atoms with E-state index in [4.69, 9.17) is 9.63 Å². The van der Waals surface area contributed by atoms with E-state index in [2.05, 4.69) is 5.16 Å². The van der Waals surface area contributed by atoms with Crippen molar-refractivity contribution in [3.8, 4) is 0 Å². The molecule has 88 valence electrons. The second kappa shape index (κ2) is 5.12. The third kappa shape index (κ3) is 2.24. The fraction of sp³-hybridized carbons (Fsp3) is 0.636. The first-order valence-corrected chi connectivity index (χ1v) is 5.65. The molecule has 0 saturated heterocycles. The van der Waals surface area contributed by atoms with Gasteiger partial charge in [-0.3, -0.25) is 4.79 Å². The normalized spacial score (nSPS) is 16.6. The summed E-state index contributed by atoms with van der Waals surface area (Å²) in [5.74, 6) is 0.0822. The number of aliphatic hydroxyl groups excluding tert-OH is 1. The average molecular weight is 224 g/mol. The number of aromatic nitrogens is 1. The van der Waals surface area contributed by atoms with Gasteiger partial charge >= 0.3 is 0 Å². The van der Waals surface area contributed by atoms with Gasteiger partial charge in [0, 0.05) is 18.7 Å². The lowest BCUT2D eigenvalue weighted by molar-refractivity contribution is 0.0596. The number of hydrogen-bond donors (Lipinski definition) is 1. The highest BCUT2D eigenvalue weighted by Gasteiger charge is 2.28. The summed E-state index contributed by atoms with van der Waals surface area (Å²) in [6, 6.07) is 1.80. The Morgan fingerprint density at radius 1 is 1.56 bits per heavy atom. The van der Waals surface area contributed by atoms with Crippen LogP contribution < -0.4 is 0 Å². The van der Waals surface area contributed by atoms with Crippen molar-refractivity contribution in [2.75, 3.05) is 13.2 Å². The molecule has 1 aliphatic rings. The maximum absolute atomic E-state index is 12.1. The van der Waals surface area contributed by atoms with Crippen LogP contribution >= 0.6 is 0 Å². The van der Waals surface area contributed by atoms with E-state index >= 15 is 0 Å². The largest absolute Gasteiger partial charge is 0.395 e. The van der Waals surface area contributed by atoms with Crippen LogP contribution in [-0.2, 0) is 0 Å². The molecule has 0 bridgehead atoms. The molecule has 1 fully saturated rings. The minimum absolute atomic E-state index is 0.0175. The number of amides is 1. The van der Waals surface area contributed by atoms with E-state index in [9.17, 15) is 4.79 Å². The Morgan fingerprint density at radius 2 is 2.31 bits per heavy atom.